The number of hydrogen-bond donors (Lipinski definition) is 1. The summed E-state index contributed by atoms with van der Waals surface area (Å²) >= 11 is 0. The molecule has 2 N–H and O–H groups in total. The second kappa shape index (κ2) is 6.21. The van der Waals surface area contributed by atoms with Gasteiger partial charge in [-0.1, -0.05) is 19.9 Å². The van der Waals surface area contributed by atoms with Crippen LogP contribution >= 0.6 is 0 Å². The molecule has 0 fully saturated rings. The van der Waals surface area contributed by atoms with Crippen LogP contribution in [0, 0.1) is 5.92 Å². The molecule has 0 radical (unpaired) electrons. The maximum absolute atomic E-state index is 5.80. The molecule has 1 aliphatic rings. The number of benzene rings is 1. The van der Waals surface area contributed by atoms with Crippen LogP contribution in [0.5, 0.6) is 0 Å². The van der Waals surface area contributed by atoms with Gasteiger partial charge in [-0.3, -0.25) is 4.90 Å². The molecule has 0 saturated heterocycles. The lowest BCUT2D eigenvalue weighted by Gasteiger charge is -2.15. The van der Waals surface area contributed by atoms with Gasteiger partial charge in [0.1, 0.15) is 0 Å². The fourth-order valence-electron chi connectivity index (χ4n) is 2.26. The molecule has 3 nitrogen and oxygen atoms in total. The topological polar surface area (TPSA) is 38.5 Å². The summed E-state index contributed by atoms with van der Waals surface area (Å²) < 4.78 is 5.66. The molecule has 0 aliphatic carbocycles. The molecule has 0 aromatic heterocycles. The minimum atomic E-state index is 0.726. The van der Waals surface area contributed by atoms with Crippen molar-refractivity contribution >= 4 is 5.69 Å². The molecular weight excluding hydrogens is 224 g/mol. The monoisotopic (exact) mass is 248 g/mol. The first kappa shape index (κ1) is 13.4. The summed E-state index contributed by atoms with van der Waals surface area (Å²) in [7, 11) is 0. The van der Waals surface area contributed by atoms with Crippen LogP contribution in [0.2, 0.25) is 0 Å². The summed E-state index contributed by atoms with van der Waals surface area (Å²) in [4.78, 5) is 2.42. The van der Waals surface area contributed by atoms with E-state index >= 15 is 0 Å². The summed E-state index contributed by atoms with van der Waals surface area (Å²) in [5.41, 5.74) is 9.45. The van der Waals surface area contributed by atoms with Gasteiger partial charge >= 0.3 is 0 Å². The number of nitrogens with two attached hydrogens (primary N) is 1. The average molecular weight is 248 g/mol. The number of fused-ring (bicyclic) bond motifs is 1. The second-order valence-electron chi connectivity index (χ2n) is 5.53. The van der Waals surface area contributed by atoms with Crippen LogP contribution in [-0.4, -0.2) is 24.7 Å². The number of nitrogen functional groups attached to an aromatic ring is 1. The molecule has 18 heavy (non-hydrogen) atoms. The largest absolute Gasteiger partial charge is 0.399 e. The zero-order valence-corrected chi connectivity index (χ0v) is 11.5. The summed E-state index contributed by atoms with van der Waals surface area (Å²) in [5.74, 6) is 0.726. The van der Waals surface area contributed by atoms with Gasteiger partial charge in [-0.15, -0.1) is 0 Å². The van der Waals surface area contributed by atoms with E-state index < -0.39 is 0 Å². The lowest BCUT2D eigenvalue weighted by Crippen LogP contribution is -2.22. The Kier molecular flexibility index (Phi) is 4.61. The zero-order valence-electron chi connectivity index (χ0n) is 11.5. The number of hydrogen-bond acceptors (Lipinski definition) is 3. The van der Waals surface area contributed by atoms with Gasteiger partial charge in [0.15, 0.2) is 0 Å². The highest BCUT2D eigenvalue weighted by molar-refractivity contribution is 5.46. The Hall–Kier alpha value is -1.06. The Morgan fingerprint density at radius 3 is 2.78 bits per heavy atom. The van der Waals surface area contributed by atoms with Crippen LogP contribution in [0.3, 0.4) is 0 Å². The van der Waals surface area contributed by atoms with E-state index in [9.17, 15) is 0 Å². The van der Waals surface area contributed by atoms with Crippen LogP contribution in [0.4, 0.5) is 5.69 Å². The Morgan fingerprint density at radius 1 is 1.22 bits per heavy atom. The van der Waals surface area contributed by atoms with Crippen molar-refractivity contribution in [2.75, 3.05) is 25.5 Å². The first-order valence-corrected chi connectivity index (χ1v) is 6.82. The van der Waals surface area contributed by atoms with Crippen LogP contribution in [-0.2, 0) is 17.8 Å². The number of anilines is 1. The lowest BCUT2D eigenvalue weighted by molar-refractivity contribution is 0.0954. The minimum Gasteiger partial charge on any atom is -0.399 e. The summed E-state index contributed by atoms with van der Waals surface area (Å²) in [6.07, 6.45) is 1.15. The van der Waals surface area contributed by atoms with E-state index in [1.165, 1.54) is 11.1 Å². The quantitative estimate of drug-likeness (QED) is 0.621. The third-order valence-corrected chi connectivity index (χ3v) is 3.41. The molecule has 0 bridgehead atoms. The first-order valence-electron chi connectivity index (χ1n) is 6.82. The molecule has 100 valence electrons. The standard InChI is InChI=1S/C15H24N2O/c1-12(2)5-7-18-8-6-17-10-13-3-4-15(16)9-14(13)11-17/h3-4,9,12H,5-8,10-11,16H2,1-2H3. The number of nitrogens with zero attached hydrogens (tertiary/aromatic N) is 1. The average Bonchev–Trinajstić information content (AvgIpc) is 2.70. The van der Waals surface area contributed by atoms with Crippen molar-refractivity contribution in [2.45, 2.75) is 33.4 Å². The maximum Gasteiger partial charge on any atom is 0.0593 e. The minimum absolute atomic E-state index is 0.726. The summed E-state index contributed by atoms with van der Waals surface area (Å²) in [6, 6.07) is 6.22. The highest BCUT2D eigenvalue weighted by atomic mass is 16.5. The Morgan fingerprint density at radius 2 is 2.00 bits per heavy atom. The highest BCUT2D eigenvalue weighted by Crippen LogP contribution is 2.24. The molecule has 1 aromatic carbocycles. The van der Waals surface area contributed by atoms with Crippen molar-refractivity contribution in [1.82, 2.24) is 4.90 Å². The number of rotatable bonds is 6. The molecule has 2 rings (SSSR count). The molecule has 1 aliphatic heterocycles. The third-order valence-electron chi connectivity index (χ3n) is 3.41. The molecule has 0 spiro atoms. The lowest BCUT2D eigenvalue weighted by atomic mass is 10.1. The van der Waals surface area contributed by atoms with Gasteiger partial charge in [-0.2, -0.15) is 0 Å². The predicted octanol–water partition coefficient (Wildman–Crippen LogP) is 2.65. The fraction of sp³-hybridized carbons (Fsp3) is 0.600. The van der Waals surface area contributed by atoms with Crippen molar-refractivity contribution in [3.8, 4) is 0 Å². The van der Waals surface area contributed by atoms with Crippen molar-refractivity contribution in [1.29, 1.82) is 0 Å². The number of ether oxygens (including phenoxy) is 1. The van der Waals surface area contributed by atoms with Gasteiger partial charge in [-0.05, 0) is 35.6 Å². The first-order chi connectivity index (χ1) is 8.65. The van der Waals surface area contributed by atoms with Crippen LogP contribution in [0.1, 0.15) is 31.4 Å². The fourth-order valence-corrected chi connectivity index (χ4v) is 2.26. The Bertz CT molecular complexity index is 390. The van der Waals surface area contributed by atoms with Gasteiger partial charge < -0.3 is 10.5 Å². The van der Waals surface area contributed by atoms with E-state index in [-0.39, 0.29) is 0 Å². The van der Waals surface area contributed by atoms with Gasteiger partial charge in [0, 0.05) is 31.9 Å². The van der Waals surface area contributed by atoms with Gasteiger partial charge in [0.25, 0.3) is 0 Å². The summed E-state index contributed by atoms with van der Waals surface area (Å²) in [6.45, 7) is 9.21. The predicted molar refractivity (Wildman–Crippen MR) is 75.2 cm³/mol. The van der Waals surface area contributed by atoms with E-state index in [4.69, 9.17) is 10.5 Å². The van der Waals surface area contributed by atoms with E-state index in [1.807, 2.05) is 6.07 Å². The second-order valence-corrected chi connectivity index (χ2v) is 5.53. The maximum atomic E-state index is 5.80. The smallest absolute Gasteiger partial charge is 0.0593 e. The van der Waals surface area contributed by atoms with Gasteiger partial charge in [0.2, 0.25) is 0 Å². The molecule has 0 unspecified atom stereocenters. The van der Waals surface area contributed by atoms with Crippen molar-refractivity contribution < 1.29 is 4.74 Å². The van der Waals surface area contributed by atoms with E-state index in [0.717, 1.165) is 50.9 Å². The van der Waals surface area contributed by atoms with Crippen LogP contribution in [0.15, 0.2) is 18.2 Å². The molecule has 0 saturated carbocycles. The van der Waals surface area contributed by atoms with E-state index in [1.54, 1.807) is 0 Å². The van der Waals surface area contributed by atoms with E-state index in [0.29, 0.717) is 0 Å². The SMILES string of the molecule is CC(C)CCOCCN1Cc2ccc(N)cc2C1. The molecule has 0 amide bonds. The van der Waals surface area contributed by atoms with Gasteiger partial charge in [0.05, 0.1) is 6.61 Å². The normalized spacial score (nSPS) is 15.3. The molecule has 1 heterocycles. The molecule has 1 aromatic rings. The third kappa shape index (κ3) is 3.72. The van der Waals surface area contributed by atoms with Crippen LogP contribution < -0.4 is 5.73 Å². The summed E-state index contributed by atoms with van der Waals surface area (Å²) in [5, 5.41) is 0. The molecule has 3 heteroatoms. The van der Waals surface area contributed by atoms with Crippen molar-refractivity contribution in [3.63, 3.8) is 0 Å². The molecular formula is C15H24N2O. The van der Waals surface area contributed by atoms with Crippen molar-refractivity contribution in [3.05, 3.63) is 29.3 Å². The Balaban J connectivity index is 1.68. The molecule has 0 atom stereocenters. The highest BCUT2D eigenvalue weighted by Gasteiger charge is 2.18. The van der Waals surface area contributed by atoms with Crippen LogP contribution in [0.25, 0.3) is 0 Å². The van der Waals surface area contributed by atoms with Crippen molar-refractivity contribution in [2.24, 2.45) is 5.92 Å². The van der Waals surface area contributed by atoms with E-state index in [2.05, 4.69) is 30.9 Å². The van der Waals surface area contributed by atoms with Gasteiger partial charge in [-0.25, -0.2) is 0 Å². The Labute approximate surface area is 110 Å². The zero-order chi connectivity index (χ0) is 13.0.